The number of piperazine rings is 1. The van der Waals surface area contributed by atoms with Gasteiger partial charge in [-0.15, -0.1) is 0 Å². The number of nitrogens with one attached hydrogen (secondary N) is 5. The highest BCUT2D eigenvalue weighted by Gasteiger charge is 2.10. The summed E-state index contributed by atoms with van der Waals surface area (Å²) >= 11 is 0. The van der Waals surface area contributed by atoms with Gasteiger partial charge in [-0.25, -0.2) is 0 Å². The van der Waals surface area contributed by atoms with Crippen LogP contribution in [-0.4, -0.2) is 90.9 Å². The van der Waals surface area contributed by atoms with E-state index >= 15 is 0 Å². The standard InChI is InChI=1S/3C7H14.2C6H13N.C6H12O.C5H12N2.C5H11NO.8C2H6.CH4/c3*1-7-5-3-2-4-6-7;3*1-6-3-2-4-7-5-6;2*1-5-4-6-2-3-7-5;8*1-2;/h3*7H,2-6H2,1H3;2*6-7H,2-5H2,1H3;6H,2-5H2,1H3;5-7H,2-4H2,1H3;5-6H,2-4H2,1H3;8*1-2H3;1H4/t;;;3*6-;2*5-;;;;;;;;;/m...10000........./s1. The zero-order chi connectivity index (χ0) is 56.9. The molecule has 456 valence electrons. The Morgan fingerprint density at radius 3 is 0.753 bits per heavy atom. The molecule has 3 saturated carbocycles. The van der Waals surface area contributed by atoms with Crippen molar-refractivity contribution < 1.29 is 9.47 Å². The van der Waals surface area contributed by atoms with E-state index in [1.807, 2.05) is 111 Å². The topological polar surface area (TPSA) is 78.6 Å². The van der Waals surface area contributed by atoms with Gasteiger partial charge in [0, 0.05) is 52.0 Å². The molecule has 5 heterocycles. The summed E-state index contributed by atoms with van der Waals surface area (Å²) in [6.07, 6.45) is 31.0. The first kappa shape index (κ1) is 92.1. The van der Waals surface area contributed by atoms with Gasteiger partial charge in [-0.05, 0) is 114 Å². The molecular formula is C66H155N5O2. The highest BCUT2D eigenvalue weighted by molar-refractivity contribution is 4.70. The SMILES string of the molecule is C.CC.CC.CC.CC.CC.CC.CC.CC.CC1CCCCC1.CC1CCCCC1.CC1CCCCC1.C[C@@H]1CCCNC1.C[C@H]1CCCNC1.C[C@H]1CCCOC1.C[C@H]1CNCCN1.C[C@H]1CNCCO1. The molecular weight excluding hydrogens is 895 g/mol. The van der Waals surface area contributed by atoms with E-state index < -0.39 is 0 Å². The number of hydrogen-bond acceptors (Lipinski definition) is 7. The number of piperidine rings is 2. The maximum Gasteiger partial charge on any atom is 0.0672 e. The maximum absolute atomic E-state index is 5.22. The molecule has 5 N–H and O–H groups in total. The van der Waals surface area contributed by atoms with Gasteiger partial charge in [0.15, 0.2) is 0 Å². The van der Waals surface area contributed by atoms with Crippen LogP contribution >= 0.6 is 0 Å². The first-order valence-corrected chi connectivity index (χ1v) is 32.9. The molecule has 0 aromatic heterocycles. The van der Waals surface area contributed by atoms with Crippen LogP contribution in [0.4, 0.5) is 0 Å². The van der Waals surface area contributed by atoms with Gasteiger partial charge in [0.1, 0.15) is 0 Å². The lowest BCUT2D eigenvalue weighted by Crippen LogP contribution is -2.46. The monoisotopic (exact) mass is 1050 g/mol. The van der Waals surface area contributed by atoms with Gasteiger partial charge in [-0.1, -0.05) is 256 Å². The van der Waals surface area contributed by atoms with Gasteiger partial charge in [-0.3, -0.25) is 0 Å². The molecule has 5 aliphatic heterocycles. The van der Waals surface area contributed by atoms with Crippen LogP contribution < -0.4 is 26.6 Å². The van der Waals surface area contributed by atoms with Gasteiger partial charge >= 0.3 is 0 Å². The summed E-state index contributed by atoms with van der Waals surface area (Å²) in [6, 6.07) is 0.675. The van der Waals surface area contributed by atoms with Crippen LogP contribution in [0.25, 0.3) is 0 Å². The smallest absolute Gasteiger partial charge is 0.0672 e. The average molecular weight is 1050 g/mol. The average Bonchev–Trinajstić information content (AvgIpc) is 3.46. The minimum absolute atomic E-state index is 0. The summed E-state index contributed by atoms with van der Waals surface area (Å²) in [6.45, 7) is 63.4. The Bertz CT molecular complexity index is 567. The normalized spacial score (nSPS) is 23.8. The van der Waals surface area contributed by atoms with Crippen LogP contribution in [0.2, 0.25) is 0 Å². The largest absolute Gasteiger partial charge is 0.381 e. The number of ether oxygens (including phenoxy) is 2. The Balaban J connectivity index is -0.0000000879. The van der Waals surface area contributed by atoms with Gasteiger partial charge in [0.05, 0.1) is 12.7 Å². The zero-order valence-electron chi connectivity index (χ0n) is 55.3. The second kappa shape index (κ2) is 88.3. The van der Waals surface area contributed by atoms with E-state index in [9.17, 15) is 0 Å². The van der Waals surface area contributed by atoms with E-state index in [2.05, 4.69) is 82.0 Å². The van der Waals surface area contributed by atoms with Crippen molar-refractivity contribution in [1.29, 1.82) is 0 Å². The van der Waals surface area contributed by atoms with Crippen molar-refractivity contribution in [2.45, 2.75) is 321 Å². The van der Waals surface area contributed by atoms with E-state index in [4.69, 9.17) is 9.47 Å². The molecule has 0 unspecified atom stereocenters. The molecule has 7 heteroatoms. The lowest BCUT2D eigenvalue weighted by molar-refractivity contribution is 0.0410. The molecule has 0 amide bonds. The highest BCUT2D eigenvalue weighted by atomic mass is 16.5. The number of rotatable bonds is 0. The van der Waals surface area contributed by atoms with Crippen LogP contribution in [0.1, 0.15) is 308 Å². The van der Waals surface area contributed by atoms with Crippen molar-refractivity contribution in [3.63, 3.8) is 0 Å². The molecule has 0 radical (unpaired) electrons. The molecule has 7 nitrogen and oxygen atoms in total. The first-order valence-electron chi connectivity index (χ1n) is 32.9. The second-order valence-electron chi connectivity index (χ2n) is 19.4. The van der Waals surface area contributed by atoms with Crippen LogP contribution in [0.3, 0.4) is 0 Å². The Kier molecular flexibility index (Phi) is 111. The molecule has 3 aliphatic carbocycles. The van der Waals surface area contributed by atoms with Crippen LogP contribution in [-0.2, 0) is 9.47 Å². The van der Waals surface area contributed by atoms with E-state index in [0.717, 1.165) is 88.1 Å². The zero-order valence-corrected chi connectivity index (χ0v) is 55.3. The predicted octanol–water partition coefficient (Wildman–Crippen LogP) is 19.6. The van der Waals surface area contributed by atoms with Crippen molar-refractivity contribution in [3.8, 4) is 0 Å². The molecule has 8 aliphatic rings. The van der Waals surface area contributed by atoms with Gasteiger partial charge in [0.2, 0.25) is 0 Å². The minimum Gasteiger partial charge on any atom is -0.381 e. The van der Waals surface area contributed by atoms with E-state index in [0.29, 0.717) is 12.1 Å². The molecule has 5 saturated heterocycles. The third kappa shape index (κ3) is 85.9. The summed E-state index contributed by atoms with van der Waals surface area (Å²) in [5.41, 5.74) is 0. The predicted molar refractivity (Wildman–Crippen MR) is 345 cm³/mol. The summed E-state index contributed by atoms with van der Waals surface area (Å²) in [5, 5.41) is 16.5. The Hall–Kier alpha value is -0.280. The molecule has 0 aromatic carbocycles. The number of morpholine rings is 1. The molecule has 73 heavy (non-hydrogen) atoms. The Labute approximate surface area is 468 Å². The third-order valence-corrected chi connectivity index (χ3v) is 12.5. The summed E-state index contributed by atoms with van der Waals surface area (Å²) < 4.78 is 10.4. The lowest BCUT2D eigenvalue weighted by atomic mass is 9.91. The minimum atomic E-state index is 0. The lowest BCUT2D eigenvalue weighted by Gasteiger charge is -2.19. The quantitative estimate of drug-likeness (QED) is 0.165. The van der Waals surface area contributed by atoms with E-state index in [1.165, 1.54) is 161 Å². The van der Waals surface area contributed by atoms with E-state index in [1.54, 1.807) is 0 Å². The van der Waals surface area contributed by atoms with Crippen molar-refractivity contribution >= 4 is 0 Å². The molecule has 8 rings (SSSR count). The van der Waals surface area contributed by atoms with Crippen molar-refractivity contribution in [2.75, 3.05) is 78.7 Å². The van der Waals surface area contributed by atoms with Crippen LogP contribution in [0.5, 0.6) is 0 Å². The first-order chi connectivity index (χ1) is 35.2. The van der Waals surface area contributed by atoms with Gasteiger partial charge < -0.3 is 36.1 Å². The second-order valence-corrected chi connectivity index (χ2v) is 19.4. The van der Waals surface area contributed by atoms with Crippen LogP contribution in [0, 0.1) is 35.5 Å². The fourth-order valence-electron chi connectivity index (χ4n) is 8.37. The molecule has 5 atom stereocenters. The summed E-state index contributed by atoms with van der Waals surface area (Å²) in [7, 11) is 0. The fraction of sp³-hybridized carbons (Fsp3) is 1.00. The third-order valence-electron chi connectivity index (χ3n) is 12.5. The van der Waals surface area contributed by atoms with Gasteiger partial charge in [0.25, 0.3) is 0 Å². The van der Waals surface area contributed by atoms with E-state index in [-0.39, 0.29) is 7.43 Å². The van der Waals surface area contributed by atoms with Gasteiger partial charge in [-0.2, -0.15) is 0 Å². The molecule has 0 aromatic rings. The Morgan fingerprint density at radius 1 is 0.288 bits per heavy atom. The maximum atomic E-state index is 5.22. The fourth-order valence-corrected chi connectivity index (χ4v) is 8.37. The van der Waals surface area contributed by atoms with Crippen LogP contribution in [0.15, 0.2) is 0 Å². The summed E-state index contributed by atoms with van der Waals surface area (Å²) in [4.78, 5) is 0. The summed E-state index contributed by atoms with van der Waals surface area (Å²) in [5.74, 6) is 5.77. The van der Waals surface area contributed by atoms with Crippen molar-refractivity contribution in [2.24, 2.45) is 35.5 Å². The Morgan fingerprint density at radius 2 is 0.616 bits per heavy atom. The molecule has 8 fully saturated rings. The van der Waals surface area contributed by atoms with Crippen molar-refractivity contribution in [3.05, 3.63) is 0 Å². The molecule has 0 spiro atoms. The van der Waals surface area contributed by atoms with Crippen molar-refractivity contribution in [1.82, 2.24) is 26.6 Å². The number of hydrogen-bond donors (Lipinski definition) is 5. The molecule has 0 bridgehead atoms. The highest BCUT2D eigenvalue weighted by Crippen LogP contribution is 2.23.